The minimum atomic E-state index is -0.0266. The van der Waals surface area contributed by atoms with Crippen LogP contribution in [-0.2, 0) is 4.74 Å². The number of aromatic nitrogens is 1. The molecule has 3 nitrogen and oxygen atoms in total. The van der Waals surface area contributed by atoms with E-state index >= 15 is 0 Å². The normalized spacial score (nSPS) is 24.7. The quantitative estimate of drug-likeness (QED) is 0.926. The van der Waals surface area contributed by atoms with Gasteiger partial charge >= 0.3 is 0 Å². The van der Waals surface area contributed by atoms with Crippen LogP contribution in [0.3, 0.4) is 0 Å². The first-order valence-electron chi connectivity index (χ1n) is 5.59. The number of hydrogen-bond acceptors (Lipinski definition) is 3. The van der Waals surface area contributed by atoms with Gasteiger partial charge in [0.1, 0.15) is 5.82 Å². The standard InChI is InChI=1S/C12H17BrN2O/c1-9-6-10(13)7-14-11(9)15-8-12(2)4-3-5-16-12/h6-7H,3-5,8H2,1-2H3,(H,14,15). The van der Waals surface area contributed by atoms with Crippen molar-refractivity contribution >= 4 is 21.7 Å². The molecule has 2 rings (SSSR count). The number of halogens is 1. The monoisotopic (exact) mass is 284 g/mol. The molecule has 0 aliphatic carbocycles. The Hall–Kier alpha value is -0.610. The van der Waals surface area contributed by atoms with Gasteiger partial charge in [-0.05, 0) is 54.2 Å². The molecular weight excluding hydrogens is 268 g/mol. The van der Waals surface area contributed by atoms with Crippen molar-refractivity contribution in [1.82, 2.24) is 4.98 Å². The van der Waals surface area contributed by atoms with Crippen molar-refractivity contribution in [2.75, 3.05) is 18.5 Å². The van der Waals surface area contributed by atoms with Crippen molar-refractivity contribution in [2.45, 2.75) is 32.3 Å². The average Bonchev–Trinajstić information content (AvgIpc) is 2.64. The summed E-state index contributed by atoms with van der Waals surface area (Å²) in [5.41, 5.74) is 1.12. The third kappa shape index (κ3) is 2.74. The minimum absolute atomic E-state index is 0.0266. The van der Waals surface area contributed by atoms with Crippen molar-refractivity contribution in [1.29, 1.82) is 0 Å². The second-order valence-corrected chi connectivity index (χ2v) is 5.49. The van der Waals surface area contributed by atoms with Crippen LogP contribution in [-0.4, -0.2) is 23.7 Å². The van der Waals surface area contributed by atoms with E-state index in [1.807, 2.05) is 6.20 Å². The van der Waals surface area contributed by atoms with Crippen molar-refractivity contribution in [3.63, 3.8) is 0 Å². The molecule has 1 fully saturated rings. The van der Waals surface area contributed by atoms with Crippen LogP contribution in [0.2, 0.25) is 0 Å². The highest BCUT2D eigenvalue weighted by molar-refractivity contribution is 9.10. The predicted molar refractivity (Wildman–Crippen MR) is 68.8 cm³/mol. The lowest BCUT2D eigenvalue weighted by atomic mass is 10.0. The summed E-state index contributed by atoms with van der Waals surface area (Å²) in [6, 6.07) is 2.06. The van der Waals surface area contributed by atoms with Crippen LogP contribution in [0.25, 0.3) is 0 Å². The molecule has 1 unspecified atom stereocenters. The summed E-state index contributed by atoms with van der Waals surface area (Å²) in [6.45, 7) is 5.91. The van der Waals surface area contributed by atoms with Crippen LogP contribution in [0.1, 0.15) is 25.3 Å². The average molecular weight is 285 g/mol. The zero-order chi connectivity index (χ0) is 11.6. The maximum absolute atomic E-state index is 5.73. The van der Waals surface area contributed by atoms with E-state index in [9.17, 15) is 0 Å². The second kappa shape index (κ2) is 4.72. The molecule has 0 aromatic carbocycles. The van der Waals surface area contributed by atoms with Crippen LogP contribution in [0.4, 0.5) is 5.82 Å². The molecule has 0 bridgehead atoms. The Morgan fingerprint density at radius 2 is 2.44 bits per heavy atom. The number of nitrogens with zero attached hydrogens (tertiary/aromatic N) is 1. The summed E-state index contributed by atoms with van der Waals surface area (Å²) in [5.74, 6) is 0.944. The Labute approximate surface area is 105 Å². The van der Waals surface area contributed by atoms with Gasteiger partial charge in [0, 0.05) is 23.8 Å². The number of nitrogens with one attached hydrogen (secondary N) is 1. The highest BCUT2D eigenvalue weighted by Gasteiger charge is 2.29. The van der Waals surface area contributed by atoms with Gasteiger partial charge in [-0.3, -0.25) is 0 Å². The van der Waals surface area contributed by atoms with E-state index in [4.69, 9.17) is 4.74 Å². The molecule has 88 valence electrons. The fourth-order valence-electron chi connectivity index (χ4n) is 1.97. The summed E-state index contributed by atoms with van der Waals surface area (Å²) in [6.07, 6.45) is 4.09. The largest absolute Gasteiger partial charge is 0.373 e. The van der Waals surface area contributed by atoms with Gasteiger partial charge in [0.2, 0.25) is 0 Å². The molecule has 0 amide bonds. The van der Waals surface area contributed by atoms with E-state index < -0.39 is 0 Å². The number of anilines is 1. The molecule has 0 saturated carbocycles. The Kier molecular flexibility index (Phi) is 3.50. The molecular formula is C12H17BrN2O. The van der Waals surface area contributed by atoms with E-state index in [0.717, 1.165) is 41.8 Å². The number of pyridine rings is 1. The second-order valence-electron chi connectivity index (χ2n) is 4.57. The van der Waals surface area contributed by atoms with Gasteiger partial charge < -0.3 is 10.1 Å². The van der Waals surface area contributed by atoms with E-state index in [-0.39, 0.29) is 5.60 Å². The minimum Gasteiger partial charge on any atom is -0.373 e. The summed E-state index contributed by atoms with van der Waals surface area (Å²) in [5, 5.41) is 3.37. The van der Waals surface area contributed by atoms with Crippen LogP contribution in [0, 0.1) is 6.92 Å². The fourth-order valence-corrected chi connectivity index (χ4v) is 2.42. The first kappa shape index (κ1) is 11.9. The van der Waals surface area contributed by atoms with Gasteiger partial charge in [0.05, 0.1) is 5.60 Å². The van der Waals surface area contributed by atoms with Crippen molar-refractivity contribution in [3.05, 3.63) is 22.3 Å². The van der Waals surface area contributed by atoms with E-state index in [0.29, 0.717) is 0 Å². The molecule has 1 aromatic rings. The summed E-state index contributed by atoms with van der Waals surface area (Å²) < 4.78 is 6.74. The fraction of sp³-hybridized carbons (Fsp3) is 0.583. The molecule has 1 N–H and O–H groups in total. The Morgan fingerprint density at radius 1 is 1.62 bits per heavy atom. The van der Waals surface area contributed by atoms with Gasteiger partial charge in [-0.15, -0.1) is 0 Å². The first-order chi connectivity index (χ1) is 7.59. The Bertz CT molecular complexity index is 375. The number of hydrogen-bond donors (Lipinski definition) is 1. The first-order valence-corrected chi connectivity index (χ1v) is 6.38. The summed E-state index contributed by atoms with van der Waals surface area (Å²) in [7, 11) is 0. The topological polar surface area (TPSA) is 34.2 Å². The molecule has 2 heterocycles. The summed E-state index contributed by atoms with van der Waals surface area (Å²) >= 11 is 3.41. The van der Waals surface area contributed by atoms with Gasteiger partial charge in [0.15, 0.2) is 0 Å². The maximum atomic E-state index is 5.73. The zero-order valence-corrected chi connectivity index (χ0v) is 11.3. The third-order valence-corrected chi connectivity index (χ3v) is 3.41. The molecule has 16 heavy (non-hydrogen) atoms. The lowest BCUT2D eigenvalue weighted by Gasteiger charge is -2.24. The zero-order valence-electron chi connectivity index (χ0n) is 9.72. The Morgan fingerprint density at radius 3 is 3.06 bits per heavy atom. The maximum Gasteiger partial charge on any atom is 0.129 e. The smallest absolute Gasteiger partial charge is 0.129 e. The van der Waals surface area contributed by atoms with Gasteiger partial charge in [-0.2, -0.15) is 0 Å². The summed E-state index contributed by atoms with van der Waals surface area (Å²) in [4.78, 5) is 4.36. The molecule has 1 aromatic heterocycles. The van der Waals surface area contributed by atoms with E-state index in [2.05, 4.69) is 46.1 Å². The highest BCUT2D eigenvalue weighted by Crippen LogP contribution is 2.26. The third-order valence-electron chi connectivity index (χ3n) is 2.98. The number of ether oxygens (including phenoxy) is 1. The van der Waals surface area contributed by atoms with E-state index in [1.54, 1.807) is 0 Å². The number of rotatable bonds is 3. The van der Waals surface area contributed by atoms with Gasteiger partial charge in [-0.25, -0.2) is 4.98 Å². The van der Waals surface area contributed by atoms with E-state index in [1.165, 1.54) is 0 Å². The molecule has 1 saturated heterocycles. The molecule has 4 heteroatoms. The van der Waals surface area contributed by atoms with Crippen molar-refractivity contribution in [2.24, 2.45) is 0 Å². The van der Waals surface area contributed by atoms with Gasteiger partial charge in [-0.1, -0.05) is 0 Å². The molecule has 1 aliphatic rings. The number of aryl methyl sites for hydroxylation is 1. The molecule has 0 spiro atoms. The highest BCUT2D eigenvalue weighted by atomic mass is 79.9. The SMILES string of the molecule is Cc1cc(Br)cnc1NCC1(C)CCCO1. The lowest BCUT2D eigenvalue weighted by Crippen LogP contribution is -2.32. The molecule has 0 radical (unpaired) electrons. The van der Waals surface area contributed by atoms with Crippen LogP contribution < -0.4 is 5.32 Å². The van der Waals surface area contributed by atoms with Crippen LogP contribution in [0.5, 0.6) is 0 Å². The van der Waals surface area contributed by atoms with Crippen molar-refractivity contribution < 1.29 is 4.74 Å². The lowest BCUT2D eigenvalue weighted by molar-refractivity contribution is 0.0314. The predicted octanol–water partition coefficient (Wildman–Crippen LogP) is 3.13. The molecule has 1 aliphatic heterocycles. The molecule has 1 atom stereocenters. The van der Waals surface area contributed by atoms with Crippen molar-refractivity contribution in [3.8, 4) is 0 Å². The van der Waals surface area contributed by atoms with Crippen LogP contribution >= 0.6 is 15.9 Å². The Balaban J connectivity index is 1.99. The van der Waals surface area contributed by atoms with Gasteiger partial charge in [0.25, 0.3) is 0 Å². The van der Waals surface area contributed by atoms with Crippen LogP contribution in [0.15, 0.2) is 16.7 Å².